The molecule has 1 aromatic carbocycles. The monoisotopic (exact) mass is 255 g/mol. The average molecular weight is 255 g/mol. The van der Waals surface area contributed by atoms with E-state index < -0.39 is 9.84 Å². The van der Waals surface area contributed by atoms with Gasteiger partial charge < -0.3 is 10.6 Å². The zero-order valence-corrected chi connectivity index (χ0v) is 10.8. The molecule has 17 heavy (non-hydrogen) atoms. The first-order chi connectivity index (χ1) is 7.83. The van der Waals surface area contributed by atoms with Crippen LogP contribution in [0.25, 0.3) is 0 Å². The summed E-state index contributed by atoms with van der Waals surface area (Å²) in [7, 11) is 0.337. The Balaban J connectivity index is 2.99. The van der Waals surface area contributed by atoms with Gasteiger partial charge in [0.05, 0.1) is 10.6 Å². The highest BCUT2D eigenvalue weighted by Gasteiger charge is 2.15. The molecule has 0 fully saturated rings. The van der Waals surface area contributed by atoms with Crippen molar-refractivity contribution in [3.8, 4) is 0 Å². The smallest absolute Gasteiger partial charge is 0.179 e. The van der Waals surface area contributed by atoms with Crippen molar-refractivity contribution in [2.24, 2.45) is 5.73 Å². The number of nitrogens with two attached hydrogens (primary N) is 1. The minimum Gasteiger partial charge on any atom is -0.384 e. The summed E-state index contributed by atoms with van der Waals surface area (Å²) in [5.74, 6) is -0.0730. The van der Waals surface area contributed by atoms with Crippen LogP contribution in [0.5, 0.6) is 0 Å². The predicted octanol–water partition coefficient (Wildman–Crippen LogP) is 0.306. The Kier molecular flexibility index (Phi) is 4.25. The zero-order chi connectivity index (χ0) is 13.1. The van der Waals surface area contributed by atoms with Crippen molar-refractivity contribution in [3.63, 3.8) is 0 Å². The Morgan fingerprint density at radius 2 is 2.06 bits per heavy atom. The van der Waals surface area contributed by atoms with E-state index in [2.05, 4.69) is 0 Å². The summed E-state index contributed by atoms with van der Waals surface area (Å²) < 4.78 is 23.9. The number of hydrogen-bond acceptors (Lipinski definition) is 4. The van der Waals surface area contributed by atoms with E-state index in [4.69, 9.17) is 11.1 Å². The maximum Gasteiger partial charge on any atom is 0.179 e. The number of amidine groups is 1. The molecule has 0 radical (unpaired) electrons. The highest BCUT2D eigenvalue weighted by Crippen LogP contribution is 2.13. The first kappa shape index (κ1) is 13.7. The molecule has 0 aliphatic rings. The molecule has 0 amide bonds. The van der Waals surface area contributed by atoms with E-state index in [1.165, 1.54) is 12.1 Å². The van der Waals surface area contributed by atoms with Gasteiger partial charge in [-0.15, -0.1) is 0 Å². The van der Waals surface area contributed by atoms with Gasteiger partial charge in [0.25, 0.3) is 0 Å². The molecule has 5 nitrogen and oxygen atoms in total. The van der Waals surface area contributed by atoms with Crippen LogP contribution in [0.2, 0.25) is 0 Å². The molecule has 0 atom stereocenters. The van der Waals surface area contributed by atoms with Crippen molar-refractivity contribution >= 4 is 15.7 Å². The van der Waals surface area contributed by atoms with Crippen LogP contribution in [0.3, 0.4) is 0 Å². The standard InChI is InChI=1S/C11H17N3O2S/c1-14(2)6-7-17(15,16)10-5-3-4-9(8-10)11(12)13/h3-5,8H,6-7H2,1-2H3,(H3,12,13). The Bertz CT molecular complexity index is 509. The van der Waals surface area contributed by atoms with Crippen LogP contribution in [-0.2, 0) is 9.84 Å². The van der Waals surface area contributed by atoms with Crippen LogP contribution >= 0.6 is 0 Å². The Labute approximate surface area is 102 Å². The normalized spacial score (nSPS) is 11.7. The van der Waals surface area contributed by atoms with E-state index in [9.17, 15) is 8.42 Å². The summed E-state index contributed by atoms with van der Waals surface area (Å²) in [6.45, 7) is 0.465. The summed E-state index contributed by atoms with van der Waals surface area (Å²) >= 11 is 0. The molecule has 0 aliphatic carbocycles. The van der Waals surface area contributed by atoms with Crippen LogP contribution in [0, 0.1) is 5.41 Å². The first-order valence-electron chi connectivity index (χ1n) is 5.15. The lowest BCUT2D eigenvalue weighted by Gasteiger charge is -2.10. The van der Waals surface area contributed by atoms with Crippen molar-refractivity contribution in [3.05, 3.63) is 29.8 Å². The maximum absolute atomic E-state index is 12.0. The van der Waals surface area contributed by atoms with Crippen LogP contribution < -0.4 is 5.73 Å². The molecule has 6 heteroatoms. The number of hydrogen-bond donors (Lipinski definition) is 2. The van der Waals surface area contributed by atoms with Crippen LogP contribution in [0.1, 0.15) is 5.56 Å². The molecule has 0 unspecified atom stereocenters. The topological polar surface area (TPSA) is 87.2 Å². The van der Waals surface area contributed by atoms with Gasteiger partial charge in [0.2, 0.25) is 0 Å². The van der Waals surface area contributed by atoms with E-state index in [1.807, 2.05) is 19.0 Å². The van der Waals surface area contributed by atoms with E-state index in [1.54, 1.807) is 12.1 Å². The van der Waals surface area contributed by atoms with Crippen molar-refractivity contribution in [1.29, 1.82) is 5.41 Å². The maximum atomic E-state index is 12.0. The summed E-state index contributed by atoms with van der Waals surface area (Å²) in [5.41, 5.74) is 5.76. The fraction of sp³-hybridized carbons (Fsp3) is 0.364. The van der Waals surface area contributed by atoms with Crippen molar-refractivity contribution < 1.29 is 8.42 Å². The lowest BCUT2D eigenvalue weighted by molar-refractivity contribution is 0.432. The summed E-state index contributed by atoms with van der Waals surface area (Å²) in [6.07, 6.45) is 0. The number of nitrogen functional groups attached to an aromatic ring is 1. The lowest BCUT2D eigenvalue weighted by Crippen LogP contribution is -2.22. The molecule has 0 heterocycles. The van der Waals surface area contributed by atoms with Crippen molar-refractivity contribution in [2.75, 3.05) is 26.4 Å². The van der Waals surface area contributed by atoms with E-state index in [0.29, 0.717) is 12.1 Å². The van der Waals surface area contributed by atoms with Crippen molar-refractivity contribution in [1.82, 2.24) is 4.90 Å². The van der Waals surface area contributed by atoms with Gasteiger partial charge in [-0.2, -0.15) is 0 Å². The summed E-state index contributed by atoms with van der Waals surface area (Å²) in [4.78, 5) is 2.03. The molecular formula is C11H17N3O2S. The molecule has 0 saturated heterocycles. The second-order valence-corrected chi connectivity index (χ2v) is 6.17. The molecule has 1 aromatic rings. The van der Waals surface area contributed by atoms with Gasteiger partial charge in [0.1, 0.15) is 5.84 Å². The Hall–Kier alpha value is -1.40. The van der Waals surface area contributed by atoms with Gasteiger partial charge in [-0.3, -0.25) is 5.41 Å². The van der Waals surface area contributed by atoms with Gasteiger partial charge in [-0.1, -0.05) is 12.1 Å². The average Bonchev–Trinajstić information content (AvgIpc) is 2.27. The fourth-order valence-corrected chi connectivity index (χ4v) is 2.71. The van der Waals surface area contributed by atoms with Gasteiger partial charge in [0.15, 0.2) is 9.84 Å². The van der Waals surface area contributed by atoms with E-state index >= 15 is 0 Å². The second kappa shape index (κ2) is 5.29. The zero-order valence-electron chi connectivity index (χ0n) is 9.97. The van der Waals surface area contributed by atoms with E-state index in [0.717, 1.165) is 0 Å². The first-order valence-corrected chi connectivity index (χ1v) is 6.80. The number of benzene rings is 1. The third-order valence-electron chi connectivity index (χ3n) is 2.31. The SMILES string of the molecule is CN(C)CCS(=O)(=O)c1cccc(C(=N)N)c1. The number of nitrogens with one attached hydrogen (secondary N) is 1. The van der Waals surface area contributed by atoms with E-state index in [-0.39, 0.29) is 16.5 Å². The third-order valence-corrected chi connectivity index (χ3v) is 4.00. The number of rotatable bonds is 5. The molecule has 94 valence electrons. The summed E-state index contributed by atoms with van der Waals surface area (Å²) in [6, 6.07) is 6.18. The van der Waals surface area contributed by atoms with Gasteiger partial charge in [-0.05, 0) is 26.2 Å². The van der Waals surface area contributed by atoms with Crippen LogP contribution in [-0.4, -0.2) is 45.5 Å². The summed E-state index contributed by atoms with van der Waals surface area (Å²) in [5, 5.41) is 7.28. The fourth-order valence-electron chi connectivity index (χ4n) is 1.28. The molecule has 0 bridgehead atoms. The molecule has 3 N–H and O–H groups in total. The minimum absolute atomic E-state index is 0.0569. The van der Waals surface area contributed by atoms with Gasteiger partial charge >= 0.3 is 0 Å². The number of nitrogens with zero attached hydrogens (tertiary/aromatic N) is 1. The third kappa shape index (κ3) is 3.83. The predicted molar refractivity (Wildman–Crippen MR) is 68.1 cm³/mol. The minimum atomic E-state index is -3.31. The molecule has 0 spiro atoms. The second-order valence-electron chi connectivity index (χ2n) is 4.06. The molecule has 0 saturated carbocycles. The molecule has 0 aliphatic heterocycles. The molecule has 1 rings (SSSR count). The number of sulfone groups is 1. The van der Waals surface area contributed by atoms with Crippen LogP contribution in [0.15, 0.2) is 29.2 Å². The Morgan fingerprint density at radius 3 is 2.59 bits per heavy atom. The van der Waals surface area contributed by atoms with Crippen molar-refractivity contribution in [2.45, 2.75) is 4.90 Å². The highest BCUT2D eigenvalue weighted by atomic mass is 32.2. The van der Waals surface area contributed by atoms with Crippen LogP contribution in [0.4, 0.5) is 0 Å². The quantitative estimate of drug-likeness (QED) is 0.585. The Morgan fingerprint density at radius 1 is 1.41 bits per heavy atom. The lowest BCUT2D eigenvalue weighted by atomic mass is 10.2. The van der Waals surface area contributed by atoms with Gasteiger partial charge in [0, 0.05) is 12.1 Å². The largest absolute Gasteiger partial charge is 0.384 e. The molecule has 0 aromatic heterocycles. The van der Waals surface area contributed by atoms with Gasteiger partial charge in [-0.25, -0.2) is 8.42 Å². The molecular weight excluding hydrogens is 238 g/mol. The highest BCUT2D eigenvalue weighted by molar-refractivity contribution is 7.91.